The number of nitrogens with zero attached hydrogens (tertiary/aromatic N) is 1. The molecule has 1 aliphatic heterocycles. The van der Waals surface area contributed by atoms with Gasteiger partial charge in [-0.25, -0.2) is 0 Å². The van der Waals surface area contributed by atoms with Gasteiger partial charge in [-0.15, -0.1) is 0 Å². The van der Waals surface area contributed by atoms with Gasteiger partial charge in [0.15, 0.2) is 0 Å². The predicted octanol–water partition coefficient (Wildman–Crippen LogP) is 3.00. The molecule has 1 aromatic carbocycles. The molecular weight excluding hydrogens is 274 g/mol. The van der Waals surface area contributed by atoms with Crippen LogP contribution in [-0.4, -0.2) is 36.7 Å². The van der Waals surface area contributed by atoms with Crippen molar-refractivity contribution in [1.29, 1.82) is 0 Å². The number of rotatable bonds is 7. The average Bonchev–Trinajstić information content (AvgIpc) is 3.18. The van der Waals surface area contributed by atoms with Gasteiger partial charge >= 0.3 is 6.61 Å². The number of alkyl halides is 2. The molecule has 21 heavy (non-hydrogen) atoms. The fraction of sp³-hybridized carbons (Fsp3) is 0.625. The fourth-order valence-electron chi connectivity index (χ4n) is 3.04. The summed E-state index contributed by atoms with van der Waals surface area (Å²) in [6, 6.07) is 8.27. The molecule has 3 rings (SSSR count). The van der Waals surface area contributed by atoms with Gasteiger partial charge in [-0.05, 0) is 38.3 Å². The first-order valence-electron chi connectivity index (χ1n) is 7.72. The molecule has 2 fully saturated rings. The molecule has 1 saturated heterocycles. The van der Waals surface area contributed by atoms with E-state index in [1.165, 1.54) is 25.7 Å². The van der Waals surface area contributed by atoms with Crippen LogP contribution in [0.15, 0.2) is 24.3 Å². The Morgan fingerprint density at radius 2 is 2.05 bits per heavy atom. The summed E-state index contributed by atoms with van der Waals surface area (Å²) in [6.45, 7) is 0.00486. The van der Waals surface area contributed by atoms with E-state index in [0.29, 0.717) is 24.4 Å². The van der Waals surface area contributed by atoms with Gasteiger partial charge in [-0.2, -0.15) is 8.78 Å². The Labute approximate surface area is 124 Å². The van der Waals surface area contributed by atoms with Crippen molar-refractivity contribution in [2.75, 3.05) is 13.1 Å². The van der Waals surface area contributed by atoms with E-state index in [1.54, 1.807) is 12.1 Å². The molecule has 5 heteroatoms. The Morgan fingerprint density at radius 1 is 1.24 bits per heavy atom. The SMILES string of the molecule is FC(F)Oc1ccccc1CN(CC1CCCN1)C1CC1. The Hall–Kier alpha value is -1.20. The van der Waals surface area contributed by atoms with Gasteiger partial charge in [0.25, 0.3) is 0 Å². The lowest BCUT2D eigenvalue weighted by molar-refractivity contribution is -0.0508. The zero-order valence-corrected chi connectivity index (χ0v) is 12.1. The summed E-state index contributed by atoms with van der Waals surface area (Å²) in [7, 11) is 0. The van der Waals surface area contributed by atoms with Crippen LogP contribution in [0.2, 0.25) is 0 Å². The maximum Gasteiger partial charge on any atom is 0.387 e. The molecule has 1 atom stereocenters. The maximum absolute atomic E-state index is 12.5. The van der Waals surface area contributed by atoms with Crippen LogP contribution < -0.4 is 10.1 Å². The van der Waals surface area contributed by atoms with Crippen LogP contribution in [0.5, 0.6) is 5.75 Å². The third-order valence-corrected chi connectivity index (χ3v) is 4.24. The van der Waals surface area contributed by atoms with E-state index < -0.39 is 6.61 Å². The molecule has 0 aromatic heterocycles. The largest absolute Gasteiger partial charge is 0.434 e. The Morgan fingerprint density at radius 3 is 2.71 bits per heavy atom. The summed E-state index contributed by atoms with van der Waals surface area (Å²) in [4.78, 5) is 2.41. The standard InChI is InChI=1S/C16H22F2N2O/c17-16(18)21-15-6-2-1-4-12(15)10-20(14-7-8-14)11-13-5-3-9-19-13/h1-2,4,6,13-14,16,19H,3,5,7-11H2. The maximum atomic E-state index is 12.5. The third kappa shape index (κ3) is 4.14. The molecule has 1 N–H and O–H groups in total. The first-order valence-corrected chi connectivity index (χ1v) is 7.72. The van der Waals surface area contributed by atoms with E-state index >= 15 is 0 Å². The van der Waals surface area contributed by atoms with Crippen molar-refractivity contribution >= 4 is 0 Å². The van der Waals surface area contributed by atoms with Crippen LogP contribution >= 0.6 is 0 Å². The van der Waals surface area contributed by atoms with Crippen LogP contribution in [0.1, 0.15) is 31.2 Å². The molecule has 2 aliphatic rings. The molecule has 0 radical (unpaired) electrons. The van der Waals surface area contributed by atoms with E-state index in [2.05, 4.69) is 15.0 Å². The summed E-state index contributed by atoms with van der Waals surface area (Å²) >= 11 is 0. The van der Waals surface area contributed by atoms with Crippen molar-refractivity contribution in [3.05, 3.63) is 29.8 Å². The third-order valence-electron chi connectivity index (χ3n) is 4.24. The van der Waals surface area contributed by atoms with Crippen molar-refractivity contribution in [3.8, 4) is 5.75 Å². The van der Waals surface area contributed by atoms with Gasteiger partial charge in [0.1, 0.15) is 5.75 Å². The van der Waals surface area contributed by atoms with Crippen LogP contribution in [0, 0.1) is 0 Å². The Kier molecular flexibility index (Phi) is 4.70. The highest BCUT2D eigenvalue weighted by Crippen LogP contribution is 2.31. The highest BCUT2D eigenvalue weighted by atomic mass is 19.3. The van der Waals surface area contributed by atoms with Gasteiger partial charge in [-0.3, -0.25) is 4.90 Å². The molecule has 116 valence electrons. The highest BCUT2D eigenvalue weighted by Gasteiger charge is 2.31. The fourth-order valence-corrected chi connectivity index (χ4v) is 3.04. The second kappa shape index (κ2) is 6.71. The molecular formula is C16H22F2N2O. The minimum atomic E-state index is -2.77. The molecule has 3 nitrogen and oxygen atoms in total. The lowest BCUT2D eigenvalue weighted by Gasteiger charge is -2.26. The second-order valence-electron chi connectivity index (χ2n) is 5.94. The minimum Gasteiger partial charge on any atom is -0.434 e. The summed E-state index contributed by atoms with van der Waals surface area (Å²) < 4.78 is 29.6. The second-order valence-corrected chi connectivity index (χ2v) is 5.94. The first kappa shape index (κ1) is 14.7. The normalized spacial score (nSPS) is 22.2. The molecule has 1 heterocycles. The summed E-state index contributed by atoms with van der Waals surface area (Å²) in [5, 5.41) is 3.51. The molecule has 0 amide bonds. The van der Waals surface area contributed by atoms with Crippen LogP contribution in [-0.2, 0) is 6.54 Å². The predicted molar refractivity (Wildman–Crippen MR) is 77.5 cm³/mol. The monoisotopic (exact) mass is 296 g/mol. The topological polar surface area (TPSA) is 24.5 Å². The quantitative estimate of drug-likeness (QED) is 0.837. The number of benzene rings is 1. The molecule has 1 unspecified atom stereocenters. The van der Waals surface area contributed by atoms with E-state index in [0.717, 1.165) is 18.7 Å². The van der Waals surface area contributed by atoms with Crippen LogP contribution in [0.4, 0.5) is 8.78 Å². The lowest BCUT2D eigenvalue weighted by Crippen LogP contribution is -2.38. The lowest BCUT2D eigenvalue weighted by atomic mass is 10.1. The zero-order chi connectivity index (χ0) is 14.7. The number of para-hydroxylation sites is 1. The van der Waals surface area contributed by atoms with Crippen LogP contribution in [0.3, 0.4) is 0 Å². The van der Waals surface area contributed by atoms with Crippen molar-refractivity contribution in [2.45, 2.75) is 50.9 Å². The number of halogens is 2. The van der Waals surface area contributed by atoms with Gasteiger partial charge in [0.2, 0.25) is 0 Å². The number of hydrogen-bond donors (Lipinski definition) is 1. The number of ether oxygens (including phenoxy) is 1. The highest BCUT2D eigenvalue weighted by molar-refractivity contribution is 5.33. The summed E-state index contributed by atoms with van der Waals surface area (Å²) in [5.74, 6) is 0.303. The minimum absolute atomic E-state index is 0.303. The van der Waals surface area contributed by atoms with Crippen molar-refractivity contribution in [2.24, 2.45) is 0 Å². The molecule has 1 saturated carbocycles. The van der Waals surface area contributed by atoms with E-state index in [1.807, 2.05) is 12.1 Å². The smallest absolute Gasteiger partial charge is 0.387 e. The van der Waals surface area contributed by atoms with E-state index in [-0.39, 0.29) is 0 Å². The van der Waals surface area contributed by atoms with Gasteiger partial charge in [0.05, 0.1) is 0 Å². The molecule has 1 aromatic rings. The van der Waals surface area contributed by atoms with Crippen molar-refractivity contribution in [3.63, 3.8) is 0 Å². The van der Waals surface area contributed by atoms with Crippen molar-refractivity contribution in [1.82, 2.24) is 10.2 Å². The Balaban J connectivity index is 1.67. The van der Waals surface area contributed by atoms with E-state index in [9.17, 15) is 8.78 Å². The Bertz CT molecular complexity index is 459. The first-order chi connectivity index (χ1) is 10.2. The number of hydrogen-bond acceptors (Lipinski definition) is 3. The van der Waals surface area contributed by atoms with Crippen LogP contribution in [0.25, 0.3) is 0 Å². The average molecular weight is 296 g/mol. The van der Waals surface area contributed by atoms with E-state index in [4.69, 9.17) is 0 Å². The van der Waals surface area contributed by atoms with Crippen molar-refractivity contribution < 1.29 is 13.5 Å². The van der Waals surface area contributed by atoms with Gasteiger partial charge < -0.3 is 10.1 Å². The van der Waals surface area contributed by atoms with Gasteiger partial charge in [0, 0.05) is 30.7 Å². The summed E-state index contributed by atoms with van der Waals surface area (Å²) in [6.07, 6.45) is 4.86. The summed E-state index contributed by atoms with van der Waals surface area (Å²) in [5.41, 5.74) is 0.850. The molecule has 0 spiro atoms. The zero-order valence-electron chi connectivity index (χ0n) is 12.1. The van der Waals surface area contributed by atoms with Gasteiger partial charge in [-0.1, -0.05) is 18.2 Å². The molecule has 1 aliphatic carbocycles. The molecule has 0 bridgehead atoms. The number of nitrogens with one attached hydrogen (secondary N) is 1.